The van der Waals surface area contributed by atoms with Crippen molar-refractivity contribution in [2.24, 2.45) is 0 Å². The predicted octanol–water partition coefficient (Wildman–Crippen LogP) is 2.28. The number of anilines is 1. The number of amides is 1. The summed E-state index contributed by atoms with van der Waals surface area (Å²) in [5.41, 5.74) is 1.87. The standard InChI is InChI=1S/C18H20N4O/c1-13-5-2-3-6-14(13)17(23)21-11-7-16-15(21)8-12-22(16)18-19-9-4-10-20-18/h2-6,9-10,15-16H,7-8,11-12H2,1H3/t15-,16+/m1/s1. The highest BCUT2D eigenvalue weighted by atomic mass is 16.2. The van der Waals surface area contributed by atoms with E-state index in [9.17, 15) is 4.79 Å². The van der Waals surface area contributed by atoms with Gasteiger partial charge < -0.3 is 9.80 Å². The number of carbonyl (C=O) groups is 1. The van der Waals surface area contributed by atoms with Crippen molar-refractivity contribution < 1.29 is 4.79 Å². The molecule has 0 radical (unpaired) electrons. The van der Waals surface area contributed by atoms with Gasteiger partial charge in [0.15, 0.2) is 0 Å². The number of nitrogens with zero attached hydrogens (tertiary/aromatic N) is 4. The number of likely N-dealkylation sites (tertiary alicyclic amines) is 1. The molecule has 2 fully saturated rings. The predicted molar refractivity (Wildman–Crippen MR) is 88.4 cm³/mol. The molecule has 2 saturated heterocycles. The molecular formula is C18H20N4O. The van der Waals surface area contributed by atoms with E-state index in [4.69, 9.17) is 0 Å². The second-order valence-electron chi connectivity index (χ2n) is 6.27. The lowest BCUT2D eigenvalue weighted by Gasteiger charge is -2.26. The van der Waals surface area contributed by atoms with E-state index in [0.717, 1.165) is 43.0 Å². The number of benzene rings is 1. The molecule has 118 valence electrons. The van der Waals surface area contributed by atoms with E-state index >= 15 is 0 Å². The quantitative estimate of drug-likeness (QED) is 0.854. The summed E-state index contributed by atoms with van der Waals surface area (Å²) in [6.07, 6.45) is 5.53. The molecule has 2 aliphatic rings. The molecule has 2 aromatic rings. The molecular weight excluding hydrogens is 288 g/mol. The van der Waals surface area contributed by atoms with Crippen molar-refractivity contribution in [3.63, 3.8) is 0 Å². The number of rotatable bonds is 2. The van der Waals surface area contributed by atoms with Crippen molar-refractivity contribution in [3.05, 3.63) is 53.9 Å². The van der Waals surface area contributed by atoms with Crippen LogP contribution in [0.4, 0.5) is 5.95 Å². The van der Waals surface area contributed by atoms with E-state index in [1.807, 2.05) is 37.3 Å². The highest BCUT2D eigenvalue weighted by Crippen LogP contribution is 2.34. The molecule has 0 bridgehead atoms. The molecule has 2 aliphatic heterocycles. The Morgan fingerprint density at radius 3 is 2.57 bits per heavy atom. The van der Waals surface area contributed by atoms with Gasteiger partial charge in [0.2, 0.25) is 5.95 Å². The van der Waals surface area contributed by atoms with Gasteiger partial charge in [-0.15, -0.1) is 0 Å². The van der Waals surface area contributed by atoms with E-state index in [2.05, 4.69) is 19.8 Å². The maximum atomic E-state index is 12.9. The Morgan fingerprint density at radius 2 is 1.78 bits per heavy atom. The average molecular weight is 308 g/mol. The van der Waals surface area contributed by atoms with Gasteiger partial charge >= 0.3 is 0 Å². The van der Waals surface area contributed by atoms with Crippen LogP contribution in [0.25, 0.3) is 0 Å². The first-order valence-corrected chi connectivity index (χ1v) is 8.16. The molecule has 2 atom stereocenters. The molecule has 4 rings (SSSR count). The first-order valence-electron chi connectivity index (χ1n) is 8.16. The first-order chi connectivity index (χ1) is 11.3. The number of carbonyl (C=O) groups excluding carboxylic acids is 1. The fourth-order valence-corrected chi connectivity index (χ4v) is 3.89. The van der Waals surface area contributed by atoms with Crippen molar-refractivity contribution in [3.8, 4) is 0 Å². The zero-order valence-electron chi connectivity index (χ0n) is 13.2. The zero-order valence-corrected chi connectivity index (χ0v) is 13.2. The number of hydrogen-bond acceptors (Lipinski definition) is 4. The summed E-state index contributed by atoms with van der Waals surface area (Å²) >= 11 is 0. The molecule has 23 heavy (non-hydrogen) atoms. The lowest BCUT2D eigenvalue weighted by Crippen LogP contribution is -2.40. The number of hydrogen-bond donors (Lipinski definition) is 0. The Morgan fingerprint density at radius 1 is 1.04 bits per heavy atom. The summed E-state index contributed by atoms with van der Waals surface area (Å²) < 4.78 is 0. The minimum atomic E-state index is 0.159. The van der Waals surface area contributed by atoms with E-state index in [-0.39, 0.29) is 11.9 Å². The lowest BCUT2D eigenvalue weighted by atomic mass is 10.1. The minimum absolute atomic E-state index is 0.159. The summed E-state index contributed by atoms with van der Waals surface area (Å²) in [5, 5.41) is 0. The van der Waals surface area contributed by atoms with Gasteiger partial charge in [0.05, 0.1) is 12.1 Å². The summed E-state index contributed by atoms with van der Waals surface area (Å²) in [4.78, 5) is 26.0. The van der Waals surface area contributed by atoms with E-state index in [1.165, 1.54) is 0 Å². The van der Waals surface area contributed by atoms with Gasteiger partial charge in [-0.05, 0) is 37.5 Å². The Kier molecular flexibility index (Phi) is 3.48. The Bertz CT molecular complexity index is 718. The highest BCUT2D eigenvalue weighted by molar-refractivity contribution is 5.96. The van der Waals surface area contributed by atoms with Gasteiger partial charge in [-0.3, -0.25) is 4.79 Å². The number of aryl methyl sites for hydroxylation is 1. The zero-order chi connectivity index (χ0) is 15.8. The summed E-state index contributed by atoms with van der Waals surface area (Å²) in [6, 6.07) is 10.3. The van der Waals surface area contributed by atoms with Crippen LogP contribution in [0, 0.1) is 6.92 Å². The van der Waals surface area contributed by atoms with Crippen molar-refractivity contribution in [2.45, 2.75) is 31.8 Å². The fourth-order valence-electron chi connectivity index (χ4n) is 3.89. The Balaban J connectivity index is 1.56. The molecule has 1 amide bonds. The van der Waals surface area contributed by atoms with Gasteiger partial charge in [0, 0.05) is 31.0 Å². The SMILES string of the molecule is Cc1ccccc1C(=O)N1CC[C@H]2[C@H]1CCN2c1ncccn1. The van der Waals surface area contributed by atoms with Crippen LogP contribution in [0.15, 0.2) is 42.7 Å². The van der Waals surface area contributed by atoms with Gasteiger partial charge in [0.25, 0.3) is 5.91 Å². The smallest absolute Gasteiger partial charge is 0.254 e. The molecule has 0 aliphatic carbocycles. The van der Waals surface area contributed by atoms with Crippen molar-refractivity contribution in [1.82, 2.24) is 14.9 Å². The maximum absolute atomic E-state index is 12.9. The molecule has 1 aromatic carbocycles. The van der Waals surface area contributed by atoms with Gasteiger partial charge in [-0.25, -0.2) is 9.97 Å². The van der Waals surface area contributed by atoms with E-state index in [0.29, 0.717) is 6.04 Å². The molecule has 0 unspecified atom stereocenters. The van der Waals surface area contributed by atoms with E-state index < -0.39 is 0 Å². The van der Waals surface area contributed by atoms with Crippen molar-refractivity contribution >= 4 is 11.9 Å². The van der Waals surface area contributed by atoms with Crippen LogP contribution in [0.1, 0.15) is 28.8 Å². The fraction of sp³-hybridized carbons (Fsp3) is 0.389. The highest BCUT2D eigenvalue weighted by Gasteiger charge is 2.45. The molecule has 5 heteroatoms. The van der Waals surface area contributed by atoms with Crippen molar-refractivity contribution in [1.29, 1.82) is 0 Å². The largest absolute Gasteiger partial charge is 0.336 e. The van der Waals surface area contributed by atoms with Gasteiger partial charge in [-0.1, -0.05) is 18.2 Å². The molecule has 3 heterocycles. The van der Waals surface area contributed by atoms with Crippen LogP contribution < -0.4 is 4.90 Å². The Hall–Kier alpha value is -2.43. The third-order valence-electron chi connectivity index (χ3n) is 5.02. The molecule has 1 aromatic heterocycles. The van der Waals surface area contributed by atoms with Crippen LogP contribution in [0.5, 0.6) is 0 Å². The van der Waals surface area contributed by atoms with Gasteiger partial charge in [-0.2, -0.15) is 0 Å². The maximum Gasteiger partial charge on any atom is 0.254 e. The topological polar surface area (TPSA) is 49.3 Å². The third-order valence-corrected chi connectivity index (χ3v) is 5.02. The van der Waals surface area contributed by atoms with Crippen LogP contribution in [0.3, 0.4) is 0 Å². The van der Waals surface area contributed by atoms with Crippen molar-refractivity contribution in [2.75, 3.05) is 18.0 Å². The molecule has 5 nitrogen and oxygen atoms in total. The first kappa shape index (κ1) is 14.2. The summed E-state index contributed by atoms with van der Waals surface area (Å²) in [7, 11) is 0. The molecule has 0 spiro atoms. The molecule has 0 N–H and O–H groups in total. The third kappa shape index (κ3) is 2.36. The summed E-state index contributed by atoms with van der Waals surface area (Å²) in [5.74, 6) is 0.941. The number of fused-ring (bicyclic) bond motifs is 1. The normalized spacial score (nSPS) is 23.2. The van der Waals surface area contributed by atoms with Crippen LogP contribution in [0.2, 0.25) is 0 Å². The molecule has 0 saturated carbocycles. The van der Waals surface area contributed by atoms with Crippen LogP contribution >= 0.6 is 0 Å². The lowest BCUT2D eigenvalue weighted by molar-refractivity contribution is 0.0737. The Labute approximate surface area is 136 Å². The van der Waals surface area contributed by atoms with E-state index in [1.54, 1.807) is 12.4 Å². The second kappa shape index (κ2) is 5.65. The number of aromatic nitrogens is 2. The van der Waals surface area contributed by atoms with Gasteiger partial charge in [0.1, 0.15) is 0 Å². The van der Waals surface area contributed by atoms with Crippen LogP contribution in [-0.2, 0) is 0 Å². The second-order valence-corrected chi connectivity index (χ2v) is 6.27. The monoisotopic (exact) mass is 308 g/mol. The van der Waals surface area contributed by atoms with Crippen LogP contribution in [-0.4, -0.2) is 45.9 Å². The average Bonchev–Trinajstić information content (AvgIpc) is 3.17. The minimum Gasteiger partial charge on any atom is -0.336 e. The summed E-state index contributed by atoms with van der Waals surface area (Å²) in [6.45, 7) is 3.72.